The highest BCUT2D eigenvalue weighted by Gasteiger charge is 2.28. The second kappa shape index (κ2) is 7.07. The Hall–Kier alpha value is -2.31. The lowest BCUT2D eigenvalue weighted by atomic mass is 10.2. The Morgan fingerprint density at radius 2 is 2.08 bits per heavy atom. The molecule has 24 heavy (non-hydrogen) atoms. The van der Waals surface area contributed by atoms with Crippen molar-refractivity contribution in [1.29, 1.82) is 0 Å². The summed E-state index contributed by atoms with van der Waals surface area (Å²) in [5, 5.41) is 7.53. The Morgan fingerprint density at radius 3 is 2.67 bits per heavy atom. The molecule has 1 aromatic rings. The Bertz CT molecular complexity index is 614. The van der Waals surface area contributed by atoms with Gasteiger partial charge in [0.05, 0.1) is 6.54 Å². The van der Waals surface area contributed by atoms with Crippen LogP contribution in [0.2, 0.25) is 0 Å². The largest absolute Gasteiger partial charge is 0.352 e. The molecule has 2 heterocycles. The lowest BCUT2D eigenvalue weighted by Crippen LogP contribution is -2.51. The highest BCUT2D eigenvalue weighted by Crippen LogP contribution is 2.39. The van der Waals surface area contributed by atoms with Gasteiger partial charge in [0.2, 0.25) is 11.8 Å². The molecular formula is C17H25N5O2. The van der Waals surface area contributed by atoms with Crippen LogP contribution in [0.4, 0.5) is 5.82 Å². The van der Waals surface area contributed by atoms with Crippen LogP contribution < -0.4 is 4.90 Å². The van der Waals surface area contributed by atoms with Gasteiger partial charge in [-0.2, -0.15) is 5.10 Å². The SMILES string of the molecule is C=CC(=O)N(CC)CC(=O)N1CCN(c2cc(C3CC3)[nH]n2)CC1. The summed E-state index contributed by atoms with van der Waals surface area (Å²) in [6, 6.07) is 2.14. The van der Waals surface area contributed by atoms with Crippen LogP contribution in [0, 0.1) is 0 Å². The summed E-state index contributed by atoms with van der Waals surface area (Å²) in [6.45, 7) is 8.82. The fraction of sp³-hybridized carbons (Fsp3) is 0.588. The molecule has 0 unspecified atom stereocenters. The van der Waals surface area contributed by atoms with Crippen molar-refractivity contribution >= 4 is 17.6 Å². The predicted molar refractivity (Wildman–Crippen MR) is 91.8 cm³/mol. The Kier molecular flexibility index (Phi) is 4.87. The van der Waals surface area contributed by atoms with Crippen LogP contribution in [0.1, 0.15) is 31.4 Å². The molecule has 3 rings (SSSR count). The molecule has 1 aromatic heterocycles. The first kappa shape index (κ1) is 16.5. The van der Waals surface area contributed by atoms with Gasteiger partial charge in [-0.25, -0.2) is 0 Å². The van der Waals surface area contributed by atoms with Gasteiger partial charge in [0.25, 0.3) is 0 Å². The molecule has 1 saturated carbocycles. The Morgan fingerprint density at radius 1 is 1.38 bits per heavy atom. The second-order valence-corrected chi connectivity index (χ2v) is 6.38. The molecule has 130 valence electrons. The smallest absolute Gasteiger partial charge is 0.246 e. The Labute approximate surface area is 142 Å². The van der Waals surface area contributed by atoms with Crippen molar-refractivity contribution < 1.29 is 9.59 Å². The molecule has 7 heteroatoms. The topological polar surface area (TPSA) is 72.5 Å². The maximum atomic E-state index is 12.4. The number of nitrogens with zero attached hydrogens (tertiary/aromatic N) is 4. The minimum absolute atomic E-state index is 0.00704. The molecule has 2 aliphatic rings. The molecule has 0 aromatic carbocycles. The number of amides is 2. The van der Waals surface area contributed by atoms with Crippen LogP contribution in [0.15, 0.2) is 18.7 Å². The number of nitrogens with one attached hydrogen (secondary N) is 1. The van der Waals surface area contributed by atoms with E-state index in [0.29, 0.717) is 25.6 Å². The fourth-order valence-electron chi connectivity index (χ4n) is 3.01. The number of carbonyl (C=O) groups is 2. The number of hydrogen-bond acceptors (Lipinski definition) is 4. The summed E-state index contributed by atoms with van der Waals surface area (Å²) in [6.07, 6.45) is 3.76. The zero-order valence-electron chi connectivity index (χ0n) is 14.2. The summed E-state index contributed by atoms with van der Waals surface area (Å²) < 4.78 is 0. The van der Waals surface area contributed by atoms with Gasteiger partial charge in [-0.3, -0.25) is 14.7 Å². The van der Waals surface area contributed by atoms with Crippen LogP contribution in [0.5, 0.6) is 0 Å². The number of rotatable bonds is 6. The molecule has 2 fully saturated rings. The number of anilines is 1. The molecule has 0 radical (unpaired) electrons. The van der Waals surface area contributed by atoms with Gasteiger partial charge in [-0.1, -0.05) is 6.58 Å². The zero-order chi connectivity index (χ0) is 17.1. The molecule has 1 N–H and O–H groups in total. The van der Waals surface area contributed by atoms with E-state index in [1.807, 2.05) is 11.8 Å². The van der Waals surface area contributed by atoms with Crippen molar-refractivity contribution in [2.45, 2.75) is 25.7 Å². The van der Waals surface area contributed by atoms with Crippen molar-refractivity contribution in [3.05, 3.63) is 24.4 Å². The summed E-state index contributed by atoms with van der Waals surface area (Å²) in [4.78, 5) is 29.6. The van der Waals surface area contributed by atoms with Crippen LogP contribution in [-0.4, -0.2) is 71.1 Å². The standard InChI is InChI=1S/C17H25N5O2/c1-3-16(23)20(4-2)12-17(24)22-9-7-21(8-10-22)15-11-14(18-19-15)13-5-6-13/h3,11,13H,1,4-10,12H2,2H3,(H,18,19). The number of hydrogen-bond donors (Lipinski definition) is 1. The van der Waals surface area contributed by atoms with Gasteiger partial charge in [-0.05, 0) is 25.8 Å². The van der Waals surface area contributed by atoms with E-state index in [1.165, 1.54) is 29.5 Å². The zero-order valence-corrected chi connectivity index (χ0v) is 14.2. The van der Waals surface area contributed by atoms with Crippen molar-refractivity contribution in [3.8, 4) is 0 Å². The minimum Gasteiger partial charge on any atom is -0.352 e. The maximum absolute atomic E-state index is 12.4. The van der Waals surface area contributed by atoms with Crippen molar-refractivity contribution in [2.24, 2.45) is 0 Å². The summed E-state index contributed by atoms with van der Waals surface area (Å²) in [5.74, 6) is 1.43. The molecule has 0 spiro atoms. The van der Waals surface area contributed by atoms with Crippen molar-refractivity contribution in [1.82, 2.24) is 20.0 Å². The first-order valence-corrected chi connectivity index (χ1v) is 8.61. The first-order valence-electron chi connectivity index (χ1n) is 8.61. The quantitative estimate of drug-likeness (QED) is 0.789. The predicted octanol–water partition coefficient (Wildman–Crippen LogP) is 0.970. The number of piperazine rings is 1. The highest BCUT2D eigenvalue weighted by molar-refractivity contribution is 5.90. The maximum Gasteiger partial charge on any atom is 0.246 e. The minimum atomic E-state index is -0.200. The highest BCUT2D eigenvalue weighted by atomic mass is 16.2. The normalized spacial score (nSPS) is 17.7. The van der Waals surface area contributed by atoms with Crippen molar-refractivity contribution in [2.75, 3.05) is 44.2 Å². The number of H-pyrrole nitrogens is 1. The average Bonchev–Trinajstić information content (AvgIpc) is 3.36. The van der Waals surface area contributed by atoms with E-state index in [-0.39, 0.29) is 18.4 Å². The molecular weight excluding hydrogens is 306 g/mol. The van der Waals surface area contributed by atoms with Crippen LogP contribution in [0.25, 0.3) is 0 Å². The van der Waals surface area contributed by atoms with E-state index in [1.54, 1.807) is 0 Å². The molecule has 0 bridgehead atoms. The Balaban J connectivity index is 1.51. The van der Waals surface area contributed by atoms with Crippen LogP contribution in [0.3, 0.4) is 0 Å². The van der Waals surface area contributed by atoms with E-state index >= 15 is 0 Å². The van der Waals surface area contributed by atoms with E-state index in [4.69, 9.17) is 0 Å². The van der Waals surface area contributed by atoms with Gasteiger partial charge >= 0.3 is 0 Å². The van der Waals surface area contributed by atoms with Crippen molar-refractivity contribution in [3.63, 3.8) is 0 Å². The number of aromatic amines is 1. The number of carbonyl (C=O) groups excluding carboxylic acids is 2. The van der Waals surface area contributed by atoms with Crippen LogP contribution in [-0.2, 0) is 9.59 Å². The van der Waals surface area contributed by atoms with Gasteiger partial charge in [0.1, 0.15) is 0 Å². The lowest BCUT2D eigenvalue weighted by Gasteiger charge is -2.35. The molecule has 1 aliphatic heterocycles. The third kappa shape index (κ3) is 3.60. The summed E-state index contributed by atoms with van der Waals surface area (Å²) in [7, 11) is 0. The molecule has 0 atom stereocenters. The lowest BCUT2D eigenvalue weighted by molar-refractivity contribution is -0.138. The van der Waals surface area contributed by atoms with E-state index in [0.717, 1.165) is 18.9 Å². The van der Waals surface area contributed by atoms with Gasteiger partial charge in [0.15, 0.2) is 5.82 Å². The molecule has 1 saturated heterocycles. The summed E-state index contributed by atoms with van der Waals surface area (Å²) >= 11 is 0. The molecule has 1 aliphatic carbocycles. The molecule has 2 amide bonds. The number of aromatic nitrogens is 2. The van der Waals surface area contributed by atoms with Gasteiger partial charge < -0.3 is 14.7 Å². The van der Waals surface area contributed by atoms with Crippen LogP contribution >= 0.6 is 0 Å². The fourth-order valence-corrected chi connectivity index (χ4v) is 3.01. The monoisotopic (exact) mass is 331 g/mol. The first-order chi connectivity index (χ1) is 11.6. The van der Waals surface area contributed by atoms with E-state index < -0.39 is 0 Å². The van der Waals surface area contributed by atoms with E-state index in [9.17, 15) is 9.59 Å². The second-order valence-electron chi connectivity index (χ2n) is 6.38. The third-order valence-corrected chi connectivity index (χ3v) is 4.75. The summed E-state index contributed by atoms with van der Waals surface area (Å²) in [5.41, 5.74) is 1.23. The van der Waals surface area contributed by atoms with E-state index in [2.05, 4.69) is 27.7 Å². The van der Waals surface area contributed by atoms with Gasteiger partial charge in [-0.15, -0.1) is 0 Å². The number of likely N-dealkylation sites (N-methyl/N-ethyl adjacent to an activating group) is 1. The van der Waals surface area contributed by atoms with Gasteiger partial charge in [0, 0.05) is 50.4 Å². The average molecular weight is 331 g/mol. The molecule has 7 nitrogen and oxygen atoms in total. The third-order valence-electron chi connectivity index (χ3n) is 4.75.